The molecular weight excluding hydrogens is 290 g/mol. The first-order valence-electron chi connectivity index (χ1n) is 6.52. The number of benzene rings is 1. The highest BCUT2D eigenvalue weighted by atomic mass is 32.1. The van der Waals surface area contributed by atoms with E-state index in [2.05, 4.69) is 0 Å². The van der Waals surface area contributed by atoms with Gasteiger partial charge in [0.1, 0.15) is 5.75 Å². The number of rotatable bonds is 4. The van der Waals surface area contributed by atoms with Gasteiger partial charge in [0, 0.05) is 10.9 Å². The Kier molecular flexibility index (Phi) is 4.29. The van der Waals surface area contributed by atoms with Gasteiger partial charge in [-0.05, 0) is 44.4 Å². The number of thiophene rings is 1. The van der Waals surface area contributed by atoms with Crippen LogP contribution in [0.2, 0.25) is 0 Å². The van der Waals surface area contributed by atoms with E-state index in [1.165, 1.54) is 6.07 Å². The van der Waals surface area contributed by atoms with Crippen LogP contribution in [0.5, 0.6) is 10.8 Å². The van der Waals surface area contributed by atoms with Crippen LogP contribution in [0, 0.1) is 30.9 Å². The Morgan fingerprint density at radius 2 is 1.90 bits per heavy atom. The van der Waals surface area contributed by atoms with E-state index >= 15 is 0 Å². The average molecular weight is 307 g/mol. The van der Waals surface area contributed by atoms with Crippen molar-refractivity contribution in [2.75, 3.05) is 0 Å². The Hall–Kier alpha value is -1.92. The van der Waals surface area contributed by atoms with E-state index in [1.807, 2.05) is 32.9 Å². The maximum Gasteiger partial charge on any atom is 0.323 e. The summed E-state index contributed by atoms with van der Waals surface area (Å²) >= 11 is 1.10. The summed E-state index contributed by atoms with van der Waals surface area (Å²) in [5.74, 6) is 0.636. The average Bonchev–Trinajstić information content (AvgIpc) is 2.83. The third-order valence-electron chi connectivity index (χ3n) is 3.38. The molecule has 0 spiro atoms. The zero-order valence-electron chi connectivity index (χ0n) is 12.3. The van der Waals surface area contributed by atoms with Crippen LogP contribution in [0.3, 0.4) is 0 Å². The smallest absolute Gasteiger partial charge is 0.323 e. The van der Waals surface area contributed by atoms with Gasteiger partial charge in [0.25, 0.3) is 5.06 Å². The molecule has 1 aromatic carbocycles. The van der Waals surface area contributed by atoms with Crippen molar-refractivity contribution < 1.29 is 14.8 Å². The lowest BCUT2D eigenvalue weighted by Gasteiger charge is -2.12. The molecule has 0 aliphatic heterocycles. The molecule has 1 N–H and O–H groups in total. The summed E-state index contributed by atoms with van der Waals surface area (Å²) in [6, 6.07) is 5.28. The molecule has 2 aromatic rings. The first-order valence-corrected chi connectivity index (χ1v) is 7.33. The van der Waals surface area contributed by atoms with E-state index in [9.17, 15) is 15.2 Å². The third kappa shape index (κ3) is 3.06. The zero-order valence-corrected chi connectivity index (χ0v) is 13.2. The first-order chi connectivity index (χ1) is 9.81. The number of aliphatic hydroxyl groups is 1. The van der Waals surface area contributed by atoms with E-state index in [0.717, 1.165) is 28.0 Å². The monoisotopic (exact) mass is 307 g/mol. The molecule has 2 rings (SSSR count). The highest BCUT2D eigenvalue weighted by molar-refractivity contribution is 7.14. The Balaban J connectivity index is 2.49. The summed E-state index contributed by atoms with van der Waals surface area (Å²) in [6.07, 6.45) is -0.759. The predicted octanol–water partition coefficient (Wildman–Crippen LogP) is 4.43. The van der Waals surface area contributed by atoms with Gasteiger partial charge in [-0.25, -0.2) is 0 Å². The van der Waals surface area contributed by atoms with Gasteiger partial charge < -0.3 is 9.84 Å². The zero-order chi connectivity index (χ0) is 15.7. The molecule has 0 aliphatic rings. The van der Waals surface area contributed by atoms with Gasteiger partial charge in [0.05, 0.1) is 11.0 Å². The Morgan fingerprint density at radius 1 is 1.29 bits per heavy atom. The molecule has 6 heteroatoms. The minimum Gasteiger partial charge on any atom is -0.439 e. The van der Waals surface area contributed by atoms with Gasteiger partial charge in [-0.1, -0.05) is 23.5 Å². The molecule has 1 atom stereocenters. The van der Waals surface area contributed by atoms with Crippen LogP contribution < -0.4 is 4.74 Å². The molecule has 0 amide bonds. The van der Waals surface area contributed by atoms with Crippen molar-refractivity contribution in [2.45, 2.75) is 33.8 Å². The molecule has 1 aromatic heterocycles. The van der Waals surface area contributed by atoms with E-state index in [4.69, 9.17) is 4.74 Å². The summed E-state index contributed by atoms with van der Waals surface area (Å²) in [5, 5.41) is 20.9. The molecule has 0 fully saturated rings. The van der Waals surface area contributed by atoms with Gasteiger partial charge >= 0.3 is 5.69 Å². The molecule has 112 valence electrons. The molecule has 0 bridgehead atoms. The molecule has 1 unspecified atom stereocenters. The lowest BCUT2D eigenvalue weighted by molar-refractivity contribution is -0.385. The molecule has 21 heavy (non-hydrogen) atoms. The van der Waals surface area contributed by atoms with Crippen molar-refractivity contribution in [3.8, 4) is 10.8 Å². The van der Waals surface area contributed by atoms with Crippen LogP contribution in [0.25, 0.3) is 0 Å². The lowest BCUT2D eigenvalue weighted by Crippen LogP contribution is -1.94. The van der Waals surface area contributed by atoms with Crippen LogP contribution in [0.1, 0.15) is 34.6 Å². The number of aryl methyl sites for hydroxylation is 2. The summed E-state index contributed by atoms with van der Waals surface area (Å²) in [6.45, 7) is 7.36. The minimum atomic E-state index is -0.759. The minimum absolute atomic E-state index is 0.115. The van der Waals surface area contributed by atoms with Gasteiger partial charge in [-0.3, -0.25) is 10.1 Å². The van der Waals surface area contributed by atoms with E-state index in [0.29, 0.717) is 10.6 Å². The van der Waals surface area contributed by atoms with Crippen LogP contribution in [-0.2, 0) is 0 Å². The number of hydrogen-bond donors (Lipinski definition) is 1. The normalized spacial score (nSPS) is 12.2. The van der Waals surface area contributed by atoms with Crippen molar-refractivity contribution >= 4 is 17.0 Å². The Morgan fingerprint density at radius 3 is 2.48 bits per heavy atom. The maximum absolute atomic E-state index is 11.1. The molecule has 0 radical (unpaired) electrons. The second kappa shape index (κ2) is 5.83. The number of aliphatic hydroxyl groups excluding tert-OH is 1. The quantitative estimate of drug-likeness (QED) is 0.670. The second-order valence-corrected chi connectivity index (χ2v) is 6.06. The fourth-order valence-corrected chi connectivity index (χ4v) is 2.88. The number of hydrogen-bond acceptors (Lipinski definition) is 5. The topological polar surface area (TPSA) is 72.6 Å². The van der Waals surface area contributed by atoms with Crippen molar-refractivity contribution in [1.82, 2.24) is 0 Å². The number of ether oxygens (including phenoxy) is 1. The third-order valence-corrected chi connectivity index (χ3v) is 4.55. The lowest BCUT2D eigenvalue weighted by atomic mass is 10.1. The summed E-state index contributed by atoms with van der Waals surface area (Å²) in [4.78, 5) is 11.2. The summed E-state index contributed by atoms with van der Waals surface area (Å²) in [5.41, 5.74) is 2.82. The van der Waals surface area contributed by atoms with Gasteiger partial charge in [0.15, 0.2) is 0 Å². The fourth-order valence-electron chi connectivity index (χ4n) is 1.96. The largest absolute Gasteiger partial charge is 0.439 e. The SMILES string of the molecule is Cc1ccc(C)c(Oc2sc(C(C)O)cc2[N+](=O)[O-])c1C. The van der Waals surface area contributed by atoms with E-state index in [1.54, 1.807) is 6.92 Å². The van der Waals surface area contributed by atoms with E-state index < -0.39 is 11.0 Å². The molecule has 1 heterocycles. The van der Waals surface area contributed by atoms with Crippen LogP contribution in [0.15, 0.2) is 18.2 Å². The Bertz CT molecular complexity index is 691. The van der Waals surface area contributed by atoms with Crippen molar-refractivity contribution in [3.63, 3.8) is 0 Å². The van der Waals surface area contributed by atoms with Gasteiger partial charge in [-0.15, -0.1) is 0 Å². The van der Waals surface area contributed by atoms with Crippen molar-refractivity contribution in [3.05, 3.63) is 49.9 Å². The first kappa shape index (κ1) is 15.5. The van der Waals surface area contributed by atoms with Crippen LogP contribution >= 0.6 is 11.3 Å². The molecule has 0 aliphatic carbocycles. The standard InChI is InChI=1S/C15H17NO4S/c1-8-5-6-9(2)14(10(8)3)20-15-12(16(18)19)7-13(21-15)11(4)17/h5-7,11,17H,1-4H3. The molecule has 5 nitrogen and oxygen atoms in total. The van der Waals surface area contributed by atoms with Crippen LogP contribution in [-0.4, -0.2) is 10.0 Å². The van der Waals surface area contributed by atoms with E-state index in [-0.39, 0.29) is 10.8 Å². The maximum atomic E-state index is 11.1. The van der Waals surface area contributed by atoms with Gasteiger partial charge in [0.2, 0.25) is 0 Å². The predicted molar refractivity (Wildman–Crippen MR) is 82.3 cm³/mol. The van der Waals surface area contributed by atoms with Crippen molar-refractivity contribution in [2.24, 2.45) is 0 Å². The number of nitrogens with zero attached hydrogens (tertiary/aromatic N) is 1. The molecular formula is C15H17NO4S. The fraction of sp³-hybridized carbons (Fsp3) is 0.333. The van der Waals surface area contributed by atoms with Gasteiger partial charge in [-0.2, -0.15) is 0 Å². The second-order valence-electron chi connectivity index (χ2n) is 5.01. The Labute approximate surface area is 127 Å². The van der Waals surface area contributed by atoms with Crippen molar-refractivity contribution in [1.29, 1.82) is 0 Å². The molecule has 0 saturated heterocycles. The highest BCUT2D eigenvalue weighted by Crippen LogP contribution is 2.43. The summed E-state index contributed by atoms with van der Waals surface area (Å²) in [7, 11) is 0. The summed E-state index contributed by atoms with van der Waals surface area (Å²) < 4.78 is 5.81. The number of nitro groups is 1. The van der Waals surface area contributed by atoms with Crippen LogP contribution in [0.4, 0.5) is 5.69 Å². The molecule has 0 saturated carbocycles. The highest BCUT2D eigenvalue weighted by Gasteiger charge is 2.24.